The minimum atomic E-state index is -0.442. The molecule has 0 aliphatic carbocycles. The number of benzene rings is 1. The van der Waals surface area contributed by atoms with Gasteiger partial charge in [0.1, 0.15) is 5.78 Å². The Kier molecular flexibility index (Phi) is 7.98. The number of carbonyl (C=O) groups is 2. The predicted molar refractivity (Wildman–Crippen MR) is 91.0 cm³/mol. The van der Waals surface area contributed by atoms with Gasteiger partial charge in [-0.2, -0.15) is 0 Å². The first kappa shape index (κ1) is 19.2. The zero-order valence-corrected chi connectivity index (χ0v) is 13.9. The number of phenolic OH excluding ortho intramolecular Hbond substituents is 1. The van der Waals surface area contributed by atoms with E-state index >= 15 is 0 Å². The molecule has 0 bridgehead atoms. The third-order valence-corrected chi connectivity index (χ3v) is 3.04. The van der Waals surface area contributed by atoms with Gasteiger partial charge in [-0.3, -0.25) is 9.78 Å². The zero-order valence-electron chi connectivity index (χ0n) is 13.9. The molecule has 6 heteroatoms. The first-order valence-electron chi connectivity index (χ1n) is 7.58. The third-order valence-electron chi connectivity index (χ3n) is 3.04. The molecule has 0 atom stereocenters. The summed E-state index contributed by atoms with van der Waals surface area (Å²) in [5.41, 5.74) is 6.38. The third kappa shape index (κ3) is 6.91. The molecule has 0 radical (unpaired) electrons. The number of amides is 1. The van der Waals surface area contributed by atoms with Gasteiger partial charge >= 0.3 is 0 Å². The number of Topliss-reactive ketones (excluding diaryl/α,β-unsaturated/α-hetero) is 1. The first-order valence-corrected chi connectivity index (χ1v) is 7.58. The number of pyridine rings is 1. The van der Waals surface area contributed by atoms with E-state index in [0.717, 1.165) is 5.56 Å². The number of aryl methyl sites for hydroxylation is 1. The number of phenols is 1. The number of aromatic nitrogens is 1. The molecule has 1 aromatic heterocycles. The Balaban J connectivity index is 0.000000272. The van der Waals surface area contributed by atoms with E-state index in [1.54, 1.807) is 43.5 Å². The zero-order chi connectivity index (χ0) is 17.9. The van der Waals surface area contributed by atoms with Gasteiger partial charge in [-0.05, 0) is 50.1 Å². The van der Waals surface area contributed by atoms with Gasteiger partial charge < -0.3 is 20.4 Å². The molecule has 0 aliphatic rings. The Bertz CT molecular complexity index is 672. The Labute approximate surface area is 141 Å². The summed E-state index contributed by atoms with van der Waals surface area (Å²) in [6, 6.07) is 8.47. The van der Waals surface area contributed by atoms with Crippen LogP contribution in [-0.2, 0) is 11.2 Å². The highest BCUT2D eigenvalue weighted by atomic mass is 16.5. The number of carbonyl (C=O) groups excluding carboxylic acids is 2. The number of hydrogen-bond acceptors (Lipinski definition) is 5. The highest BCUT2D eigenvalue weighted by molar-refractivity contribution is 5.92. The van der Waals surface area contributed by atoms with Crippen molar-refractivity contribution in [3.8, 4) is 11.5 Å². The van der Waals surface area contributed by atoms with E-state index in [0.29, 0.717) is 30.8 Å². The minimum absolute atomic E-state index is 0.142. The van der Waals surface area contributed by atoms with Gasteiger partial charge in [0.15, 0.2) is 11.5 Å². The van der Waals surface area contributed by atoms with E-state index < -0.39 is 5.91 Å². The summed E-state index contributed by atoms with van der Waals surface area (Å²) in [6.45, 7) is 3.95. The molecule has 1 heterocycles. The SMILES string of the molecule is CCOc1cc(CCC(C)=O)ccc1O.NC(=O)c1cccnc1. The van der Waals surface area contributed by atoms with E-state index in [1.165, 1.54) is 6.20 Å². The van der Waals surface area contributed by atoms with Crippen LogP contribution >= 0.6 is 0 Å². The molecule has 0 unspecified atom stereocenters. The van der Waals surface area contributed by atoms with Crippen molar-refractivity contribution in [1.82, 2.24) is 4.98 Å². The Hall–Kier alpha value is -2.89. The lowest BCUT2D eigenvalue weighted by Crippen LogP contribution is -2.10. The molecule has 0 aliphatic heterocycles. The molecule has 0 saturated heterocycles. The fourth-order valence-corrected chi connectivity index (χ4v) is 1.81. The molecule has 2 rings (SSSR count). The van der Waals surface area contributed by atoms with Gasteiger partial charge in [0, 0.05) is 18.8 Å². The van der Waals surface area contributed by atoms with Gasteiger partial charge in [-0.25, -0.2) is 0 Å². The van der Waals surface area contributed by atoms with Crippen LogP contribution in [-0.4, -0.2) is 28.4 Å². The van der Waals surface area contributed by atoms with Crippen LogP contribution in [0.1, 0.15) is 36.2 Å². The molecule has 0 fully saturated rings. The second-order valence-electron chi connectivity index (χ2n) is 5.04. The topological polar surface area (TPSA) is 103 Å². The lowest BCUT2D eigenvalue weighted by Gasteiger charge is -2.07. The smallest absolute Gasteiger partial charge is 0.250 e. The van der Waals surface area contributed by atoms with Gasteiger partial charge in [-0.15, -0.1) is 0 Å². The van der Waals surface area contributed by atoms with Crippen LogP contribution in [0, 0.1) is 0 Å². The molecule has 1 amide bonds. The predicted octanol–water partition coefficient (Wildman–Crippen LogP) is 2.49. The molecular formula is C18H22N2O4. The largest absolute Gasteiger partial charge is 0.504 e. The Morgan fingerprint density at radius 2 is 2.04 bits per heavy atom. The summed E-state index contributed by atoms with van der Waals surface area (Å²) in [4.78, 5) is 24.9. The number of ether oxygens (including phenoxy) is 1. The van der Waals surface area contributed by atoms with E-state index in [-0.39, 0.29) is 11.5 Å². The quantitative estimate of drug-likeness (QED) is 0.847. The summed E-state index contributed by atoms with van der Waals surface area (Å²) in [6.07, 6.45) is 4.24. The number of rotatable bonds is 6. The van der Waals surface area contributed by atoms with Crippen molar-refractivity contribution in [2.75, 3.05) is 6.61 Å². The van der Waals surface area contributed by atoms with Crippen molar-refractivity contribution in [1.29, 1.82) is 0 Å². The lowest BCUT2D eigenvalue weighted by molar-refractivity contribution is -0.116. The number of aromatic hydroxyl groups is 1. The van der Waals surface area contributed by atoms with Gasteiger partial charge in [0.05, 0.1) is 12.2 Å². The van der Waals surface area contributed by atoms with Gasteiger partial charge in [-0.1, -0.05) is 6.07 Å². The van der Waals surface area contributed by atoms with E-state index in [4.69, 9.17) is 10.5 Å². The van der Waals surface area contributed by atoms with E-state index in [9.17, 15) is 14.7 Å². The van der Waals surface area contributed by atoms with Crippen molar-refractivity contribution >= 4 is 11.7 Å². The second-order valence-corrected chi connectivity index (χ2v) is 5.04. The number of ketones is 1. The van der Waals surface area contributed by atoms with Crippen molar-refractivity contribution < 1.29 is 19.4 Å². The molecule has 1 aromatic carbocycles. The average Bonchev–Trinajstić information content (AvgIpc) is 2.57. The maximum atomic E-state index is 10.8. The maximum absolute atomic E-state index is 10.8. The summed E-state index contributed by atoms with van der Waals surface area (Å²) in [5.74, 6) is 0.353. The molecule has 24 heavy (non-hydrogen) atoms. The second kappa shape index (κ2) is 9.99. The van der Waals surface area contributed by atoms with Crippen molar-refractivity contribution in [3.05, 3.63) is 53.9 Å². The summed E-state index contributed by atoms with van der Waals surface area (Å²) in [5, 5.41) is 9.45. The van der Waals surface area contributed by atoms with Crippen LogP contribution in [0.4, 0.5) is 0 Å². The Morgan fingerprint density at radius 1 is 1.29 bits per heavy atom. The van der Waals surface area contributed by atoms with Crippen LogP contribution in [0.2, 0.25) is 0 Å². The number of hydrogen-bond donors (Lipinski definition) is 2. The van der Waals surface area contributed by atoms with Crippen LogP contribution in [0.25, 0.3) is 0 Å². The van der Waals surface area contributed by atoms with Crippen molar-refractivity contribution in [2.45, 2.75) is 26.7 Å². The van der Waals surface area contributed by atoms with Gasteiger partial charge in [0.25, 0.3) is 0 Å². The standard InChI is InChI=1S/C12H16O3.C6H6N2O/c1-3-15-12-8-10(5-4-9(2)13)6-7-11(12)14;7-6(9)5-2-1-3-8-4-5/h6-8,14H,3-5H2,1-2H3;1-4H,(H2,7,9). The number of nitrogens with two attached hydrogens (primary N) is 1. The molecule has 0 spiro atoms. The van der Waals surface area contributed by atoms with Crippen molar-refractivity contribution in [3.63, 3.8) is 0 Å². The van der Waals surface area contributed by atoms with Crippen LogP contribution < -0.4 is 10.5 Å². The molecule has 128 valence electrons. The van der Waals surface area contributed by atoms with E-state index in [1.807, 2.05) is 6.92 Å². The number of primary amides is 1. The molecule has 2 aromatic rings. The molecular weight excluding hydrogens is 308 g/mol. The Morgan fingerprint density at radius 3 is 2.54 bits per heavy atom. The fraction of sp³-hybridized carbons (Fsp3) is 0.278. The summed E-state index contributed by atoms with van der Waals surface area (Å²) < 4.78 is 5.25. The fourth-order valence-electron chi connectivity index (χ4n) is 1.81. The average molecular weight is 330 g/mol. The van der Waals surface area contributed by atoms with Gasteiger partial charge in [0.2, 0.25) is 5.91 Å². The highest BCUT2D eigenvalue weighted by Gasteiger charge is 2.04. The first-order chi connectivity index (χ1) is 11.4. The maximum Gasteiger partial charge on any atom is 0.250 e. The monoisotopic (exact) mass is 330 g/mol. The normalized spacial score (nSPS) is 9.58. The summed E-state index contributed by atoms with van der Waals surface area (Å²) >= 11 is 0. The minimum Gasteiger partial charge on any atom is -0.504 e. The van der Waals surface area contributed by atoms with Crippen LogP contribution in [0.3, 0.4) is 0 Å². The lowest BCUT2D eigenvalue weighted by atomic mass is 10.1. The summed E-state index contributed by atoms with van der Waals surface area (Å²) in [7, 11) is 0. The molecule has 3 N–H and O–H groups in total. The number of nitrogens with zero attached hydrogens (tertiary/aromatic N) is 1. The van der Waals surface area contributed by atoms with Crippen molar-refractivity contribution in [2.24, 2.45) is 5.73 Å². The molecule has 6 nitrogen and oxygen atoms in total. The molecule has 0 saturated carbocycles. The van der Waals surface area contributed by atoms with Crippen LogP contribution in [0.5, 0.6) is 11.5 Å². The van der Waals surface area contributed by atoms with Crippen LogP contribution in [0.15, 0.2) is 42.7 Å². The highest BCUT2D eigenvalue weighted by Crippen LogP contribution is 2.27. The van der Waals surface area contributed by atoms with E-state index in [2.05, 4.69) is 4.98 Å².